The van der Waals surface area contributed by atoms with Crippen LogP contribution in [0.3, 0.4) is 0 Å². The molecule has 0 unspecified atom stereocenters. The van der Waals surface area contributed by atoms with Gasteiger partial charge in [-0.1, -0.05) is 6.07 Å². The number of nitrogens with two attached hydrogens (primary N) is 1. The summed E-state index contributed by atoms with van der Waals surface area (Å²) in [6.45, 7) is 5.35. The Labute approximate surface area is 182 Å². The monoisotopic (exact) mass is 445 g/mol. The first-order valence-corrected chi connectivity index (χ1v) is 11.7. The number of hydrogen-bond acceptors (Lipinski definition) is 9. The minimum absolute atomic E-state index is 0.00553. The van der Waals surface area contributed by atoms with E-state index in [2.05, 4.69) is 32.7 Å². The Balaban J connectivity index is 1.45. The van der Waals surface area contributed by atoms with Crippen LogP contribution in [-0.4, -0.2) is 72.9 Å². The van der Waals surface area contributed by atoms with E-state index < -0.39 is 5.91 Å². The standard InChI is InChI=1S/C20H23N5O3S2/c21-16(26)11-28-13-8-25(9-13)19-18-14(15-2-1-7-29-15)12-30-20(18)23-17(22-19)10-24-3-5-27-6-4-24/h1-2,7,12-13H,3-6,8-11H2,(H2,21,26). The van der Waals surface area contributed by atoms with Crippen molar-refractivity contribution in [3.05, 3.63) is 28.7 Å². The number of anilines is 1. The number of morpholine rings is 1. The van der Waals surface area contributed by atoms with E-state index in [-0.39, 0.29) is 12.7 Å². The van der Waals surface area contributed by atoms with Crippen LogP contribution in [0.1, 0.15) is 5.82 Å². The molecule has 0 radical (unpaired) electrons. The Kier molecular flexibility index (Phi) is 5.66. The van der Waals surface area contributed by atoms with Gasteiger partial charge in [0.1, 0.15) is 23.1 Å². The third-order valence-corrected chi connectivity index (χ3v) is 7.10. The lowest BCUT2D eigenvalue weighted by molar-refractivity contribution is -0.125. The topological polar surface area (TPSA) is 93.8 Å². The Morgan fingerprint density at radius 1 is 1.27 bits per heavy atom. The summed E-state index contributed by atoms with van der Waals surface area (Å²) < 4.78 is 11.0. The molecule has 8 nitrogen and oxygen atoms in total. The fraction of sp³-hybridized carbons (Fsp3) is 0.450. The minimum atomic E-state index is -0.441. The van der Waals surface area contributed by atoms with Crippen molar-refractivity contribution in [1.29, 1.82) is 0 Å². The molecule has 0 saturated carbocycles. The van der Waals surface area contributed by atoms with Crippen LogP contribution in [0.2, 0.25) is 0 Å². The van der Waals surface area contributed by atoms with Gasteiger partial charge in [0.05, 0.1) is 31.2 Å². The fourth-order valence-corrected chi connectivity index (χ4v) is 5.53. The number of carbonyl (C=O) groups is 1. The first kappa shape index (κ1) is 19.8. The van der Waals surface area contributed by atoms with Crippen LogP contribution in [0, 0.1) is 0 Å². The number of fused-ring (bicyclic) bond motifs is 1. The molecule has 0 aliphatic carbocycles. The highest BCUT2D eigenvalue weighted by Gasteiger charge is 2.32. The Morgan fingerprint density at radius 2 is 2.10 bits per heavy atom. The average Bonchev–Trinajstić information content (AvgIpc) is 3.36. The molecule has 5 rings (SSSR count). The van der Waals surface area contributed by atoms with Crippen LogP contribution in [0.15, 0.2) is 22.9 Å². The summed E-state index contributed by atoms with van der Waals surface area (Å²) in [4.78, 5) is 27.6. The molecular weight excluding hydrogens is 422 g/mol. The number of amides is 1. The normalized spacial score (nSPS) is 18.1. The summed E-state index contributed by atoms with van der Waals surface area (Å²) in [5.41, 5.74) is 6.38. The summed E-state index contributed by atoms with van der Waals surface area (Å²) in [5, 5.41) is 5.36. The number of primary amides is 1. The maximum atomic E-state index is 11.0. The molecule has 2 fully saturated rings. The van der Waals surface area contributed by atoms with E-state index in [1.54, 1.807) is 22.7 Å². The molecule has 158 valence electrons. The largest absolute Gasteiger partial charge is 0.379 e. The average molecular weight is 446 g/mol. The van der Waals surface area contributed by atoms with Crippen molar-refractivity contribution in [2.24, 2.45) is 5.73 Å². The maximum Gasteiger partial charge on any atom is 0.243 e. The van der Waals surface area contributed by atoms with Gasteiger partial charge >= 0.3 is 0 Å². The first-order chi connectivity index (χ1) is 14.7. The van der Waals surface area contributed by atoms with E-state index in [1.807, 2.05) is 0 Å². The molecule has 0 spiro atoms. The van der Waals surface area contributed by atoms with E-state index in [1.165, 1.54) is 10.4 Å². The van der Waals surface area contributed by atoms with Gasteiger partial charge in [0.25, 0.3) is 0 Å². The molecule has 2 aliphatic rings. The van der Waals surface area contributed by atoms with Gasteiger partial charge in [-0.25, -0.2) is 9.97 Å². The molecule has 3 aromatic heterocycles. The van der Waals surface area contributed by atoms with Gasteiger partial charge in [0, 0.05) is 42.0 Å². The second-order valence-corrected chi connectivity index (χ2v) is 9.27. The second-order valence-electron chi connectivity index (χ2n) is 7.46. The lowest BCUT2D eigenvalue weighted by Crippen LogP contribution is -2.53. The Morgan fingerprint density at radius 3 is 2.83 bits per heavy atom. The Hall–Kier alpha value is -2.11. The van der Waals surface area contributed by atoms with Gasteiger partial charge in [-0.3, -0.25) is 9.69 Å². The van der Waals surface area contributed by atoms with Gasteiger partial charge in [-0.15, -0.1) is 22.7 Å². The number of carbonyl (C=O) groups excluding carboxylic acids is 1. The molecule has 1 amide bonds. The third kappa shape index (κ3) is 4.06. The molecule has 5 heterocycles. The van der Waals surface area contributed by atoms with E-state index in [0.29, 0.717) is 19.6 Å². The van der Waals surface area contributed by atoms with Crippen molar-refractivity contribution in [2.75, 3.05) is 50.9 Å². The van der Waals surface area contributed by atoms with E-state index in [0.717, 1.165) is 48.2 Å². The van der Waals surface area contributed by atoms with Crippen LogP contribution in [0.4, 0.5) is 5.82 Å². The fourth-order valence-electron chi connectivity index (χ4n) is 3.75. The van der Waals surface area contributed by atoms with E-state index in [9.17, 15) is 4.79 Å². The molecular formula is C20H23N5O3S2. The zero-order valence-corrected chi connectivity index (χ0v) is 18.1. The van der Waals surface area contributed by atoms with Crippen molar-refractivity contribution in [1.82, 2.24) is 14.9 Å². The van der Waals surface area contributed by atoms with Gasteiger partial charge in [-0.05, 0) is 11.4 Å². The van der Waals surface area contributed by atoms with Crippen molar-refractivity contribution in [3.8, 4) is 10.4 Å². The van der Waals surface area contributed by atoms with E-state index in [4.69, 9.17) is 25.2 Å². The molecule has 2 N–H and O–H groups in total. The Bertz CT molecular complexity index is 1030. The predicted molar refractivity (Wildman–Crippen MR) is 118 cm³/mol. The lowest BCUT2D eigenvalue weighted by Gasteiger charge is -2.40. The van der Waals surface area contributed by atoms with Crippen molar-refractivity contribution >= 4 is 44.6 Å². The highest BCUT2D eigenvalue weighted by molar-refractivity contribution is 7.18. The summed E-state index contributed by atoms with van der Waals surface area (Å²) in [6, 6.07) is 4.20. The van der Waals surface area contributed by atoms with Crippen LogP contribution in [0.5, 0.6) is 0 Å². The number of aromatic nitrogens is 2. The smallest absolute Gasteiger partial charge is 0.243 e. The first-order valence-electron chi connectivity index (χ1n) is 9.94. The quantitative estimate of drug-likeness (QED) is 0.594. The molecule has 0 bridgehead atoms. The van der Waals surface area contributed by atoms with Gasteiger partial charge in [0.15, 0.2) is 0 Å². The number of nitrogens with zero attached hydrogens (tertiary/aromatic N) is 4. The SMILES string of the molecule is NC(=O)COC1CN(c2nc(CN3CCOCC3)nc3scc(-c4cccs4)c23)C1. The molecule has 2 saturated heterocycles. The van der Waals surface area contributed by atoms with Crippen molar-refractivity contribution < 1.29 is 14.3 Å². The molecule has 10 heteroatoms. The molecule has 30 heavy (non-hydrogen) atoms. The zero-order valence-electron chi connectivity index (χ0n) is 16.5. The molecule has 3 aromatic rings. The number of thiophene rings is 2. The predicted octanol–water partition coefficient (Wildman–Crippen LogP) is 1.94. The lowest BCUT2D eigenvalue weighted by atomic mass is 10.1. The number of ether oxygens (including phenoxy) is 2. The molecule has 2 aliphatic heterocycles. The summed E-state index contributed by atoms with van der Waals surface area (Å²) in [6.07, 6.45) is -0.00553. The van der Waals surface area contributed by atoms with Crippen LogP contribution < -0.4 is 10.6 Å². The number of rotatable bonds is 7. The van der Waals surface area contributed by atoms with Crippen molar-refractivity contribution in [3.63, 3.8) is 0 Å². The highest BCUT2D eigenvalue weighted by atomic mass is 32.1. The van der Waals surface area contributed by atoms with Crippen molar-refractivity contribution in [2.45, 2.75) is 12.6 Å². The molecule has 0 atom stereocenters. The van der Waals surface area contributed by atoms with Crippen LogP contribution >= 0.6 is 22.7 Å². The summed E-state index contributed by atoms with van der Waals surface area (Å²) >= 11 is 3.38. The second kappa shape index (κ2) is 8.56. The van der Waals surface area contributed by atoms with Gasteiger partial charge < -0.3 is 20.1 Å². The molecule has 0 aromatic carbocycles. The number of hydrogen-bond donors (Lipinski definition) is 1. The highest BCUT2D eigenvalue weighted by Crippen LogP contribution is 2.41. The maximum absolute atomic E-state index is 11.0. The summed E-state index contributed by atoms with van der Waals surface area (Å²) in [7, 11) is 0. The van der Waals surface area contributed by atoms with E-state index >= 15 is 0 Å². The van der Waals surface area contributed by atoms with Crippen LogP contribution in [-0.2, 0) is 20.8 Å². The van der Waals surface area contributed by atoms with Gasteiger partial charge in [0.2, 0.25) is 5.91 Å². The van der Waals surface area contributed by atoms with Crippen LogP contribution in [0.25, 0.3) is 20.7 Å². The third-order valence-electron chi connectivity index (χ3n) is 5.33. The summed E-state index contributed by atoms with van der Waals surface area (Å²) in [5.74, 6) is 1.34. The van der Waals surface area contributed by atoms with Gasteiger partial charge in [-0.2, -0.15) is 0 Å². The zero-order chi connectivity index (χ0) is 20.5. The minimum Gasteiger partial charge on any atom is -0.379 e.